The van der Waals surface area contributed by atoms with Crippen LogP contribution in [0.3, 0.4) is 0 Å². The van der Waals surface area contributed by atoms with Gasteiger partial charge in [-0.15, -0.1) is 0 Å². The van der Waals surface area contributed by atoms with E-state index >= 15 is 0 Å². The highest BCUT2D eigenvalue weighted by Crippen LogP contribution is 2.28. The quantitative estimate of drug-likeness (QED) is 0.771. The molecule has 2 aliphatic rings. The van der Waals surface area contributed by atoms with Crippen LogP contribution in [0.1, 0.15) is 36.7 Å². The topological polar surface area (TPSA) is 53.1 Å². The largest absolute Gasteiger partial charge is 0.381 e. The van der Waals surface area contributed by atoms with Gasteiger partial charge in [-0.1, -0.05) is 0 Å². The molecule has 2 N–H and O–H groups in total. The summed E-state index contributed by atoms with van der Waals surface area (Å²) < 4.78 is 7.75. The van der Waals surface area contributed by atoms with Crippen molar-refractivity contribution in [2.24, 2.45) is 5.73 Å². The van der Waals surface area contributed by atoms with E-state index in [1.54, 1.807) is 0 Å². The fourth-order valence-corrected chi connectivity index (χ4v) is 2.78. The molecule has 1 aromatic heterocycles. The zero-order valence-electron chi connectivity index (χ0n) is 9.56. The van der Waals surface area contributed by atoms with Gasteiger partial charge in [0.15, 0.2) is 0 Å². The highest BCUT2D eigenvalue weighted by Gasteiger charge is 2.25. The first-order valence-corrected chi connectivity index (χ1v) is 6.22. The lowest BCUT2D eigenvalue weighted by atomic mass is 9.98. The normalized spacial score (nSPS) is 26.7. The van der Waals surface area contributed by atoms with Crippen LogP contribution in [0.5, 0.6) is 0 Å². The first-order chi connectivity index (χ1) is 7.84. The van der Waals surface area contributed by atoms with Crippen molar-refractivity contribution in [2.45, 2.75) is 44.2 Å². The molecular formula is C12H19N3O. The summed E-state index contributed by atoms with van der Waals surface area (Å²) in [5.74, 6) is 1.82. The van der Waals surface area contributed by atoms with Crippen LogP contribution in [0.2, 0.25) is 0 Å². The molecule has 1 saturated heterocycles. The molecule has 1 aromatic rings. The maximum atomic E-state index is 6.03. The van der Waals surface area contributed by atoms with Crippen molar-refractivity contribution in [1.82, 2.24) is 9.55 Å². The Bertz CT molecular complexity index is 368. The zero-order valence-corrected chi connectivity index (χ0v) is 9.56. The second kappa shape index (κ2) is 4.18. The molecule has 0 saturated carbocycles. The van der Waals surface area contributed by atoms with Gasteiger partial charge in [0.1, 0.15) is 5.82 Å². The highest BCUT2D eigenvalue weighted by molar-refractivity contribution is 5.13. The molecule has 2 aliphatic heterocycles. The molecule has 3 heterocycles. The van der Waals surface area contributed by atoms with Crippen molar-refractivity contribution in [3.8, 4) is 0 Å². The molecule has 4 heteroatoms. The van der Waals surface area contributed by atoms with Crippen LogP contribution in [0.4, 0.5) is 0 Å². The number of hydrogen-bond donors (Lipinski definition) is 1. The van der Waals surface area contributed by atoms with Gasteiger partial charge >= 0.3 is 0 Å². The van der Waals surface area contributed by atoms with Gasteiger partial charge in [0, 0.05) is 43.6 Å². The Morgan fingerprint density at radius 2 is 2.12 bits per heavy atom. The number of aromatic nitrogens is 2. The van der Waals surface area contributed by atoms with Crippen molar-refractivity contribution in [3.63, 3.8) is 0 Å². The standard InChI is InChI=1S/C12H19N3O/c13-10-1-2-11-7-14-12(15(11)8-10)9-3-5-16-6-4-9/h7,9-10H,1-6,8,13H2. The summed E-state index contributed by atoms with van der Waals surface area (Å²) in [6.07, 6.45) is 6.42. The SMILES string of the molecule is NC1CCc2cnc(C3CCOCC3)n2C1. The number of rotatable bonds is 1. The predicted molar refractivity (Wildman–Crippen MR) is 61.3 cm³/mol. The molecule has 1 unspecified atom stereocenters. The summed E-state index contributed by atoms with van der Waals surface area (Å²) in [7, 11) is 0. The van der Waals surface area contributed by atoms with Crippen molar-refractivity contribution < 1.29 is 4.74 Å². The monoisotopic (exact) mass is 221 g/mol. The maximum absolute atomic E-state index is 6.03. The van der Waals surface area contributed by atoms with Gasteiger partial charge in [-0.25, -0.2) is 4.98 Å². The number of ether oxygens (including phenoxy) is 1. The molecule has 0 amide bonds. The highest BCUT2D eigenvalue weighted by atomic mass is 16.5. The van der Waals surface area contributed by atoms with Crippen LogP contribution in [0.15, 0.2) is 6.20 Å². The van der Waals surface area contributed by atoms with E-state index in [4.69, 9.17) is 10.5 Å². The van der Waals surface area contributed by atoms with E-state index in [0.29, 0.717) is 12.0 Å². The average molecular weight is 221 g/mol. The van der Waals surface area contributed by atoms with Crippen LogP contribution in [0, 0.1) is 0 Å². The smallest absolute Gasteiger partial charge is 0.112 e. The van der Waals surface area contributed by atoms with Crippen LogP contribution >= 0.6 is 0 Å². The van der Waals surface area contributed by atoms with Gasteiger partial charge < -0.3 is 15.0 Å². The van der Waals surface area contributed by atoms with E-state index in [0.717, 1.165) is 45.4 Å². The molecule has 0 radical (unpaired) electrons. The number of nitrogens with zero attached hydrogens (tertiary/aromatic N) is 2. The summed E-state index contributed by atoms with van der Waals surface area (Å²) in [6, 6.07) is 0.306. The fraction of sp³-hybridized carbons (Fsp3) is 0.750. The van der Waals surface area contributed by atoms with Gasteiger partial charge in [-0.3, -0.25) is 0 Å². The van der Waals surface area contributed by atoms with Crippen LogP contribution in [0.25, 0.3) is 0 Å². The molecule has 16 heavy (non-hydrogen) atoms. The molecule has 0 aliphatic carbocycles. The minimum Gasteiger partial charge on any atom is -0.381 e. The van der Waals surface area contributed by atoms with E-state index in [9.17, 15) is 0 Å². The van der Waals surface area contributed by atoms with Gasteiger partial charge in [-0.2, -0.15) is 0 Å². The Morgan fingerprint density at radius 3 is 2.94 bits per heavy atom. The third kappa shape index (κ3) is 1.76. The predicted octanol–water partition coefficient (Wildman–Crippen LogP) is 1.05. The number of hydrogen-bond acceptors (Lipinski definition) is 3. The van der Waals surface area contributed by atoms with E-state index in [-0.39, 0.29) is 0 Å². The van der Waals surface area contributed by atoms with Crippen LogP contribution < -0.4 is 5.73 Å². The number of aryl methyl sites for hydroxylation is 1. The molecule has 1 atom stereocenters. The van der Waals surface area contributed by atoms with Gasteiger partial charge in [0.25, 0.3) is 0 Å². The summed E-state index contributed by atoms with van der Waals surface area (Å²) in [6.45, 7) is 2.69. The summed E-state index contributed by atoms with van der Waals surface area (Å²) in [5, 5.41) is 0. The summed E-state index contributed by atoms with van der Waals surface area (Å²) >= 11 is 0. The minimum absolute atomic E-state index is 0.306. The lowest BCUT2D eigenvalue weighted by Gasteiger charge is -2.27. The molecule has 88 valence electrons. The molecule has 4 nitrogen and oxygen atoms in total. The third-order valence-corrected chi connectivity index (χ3v) is 3.74. The Morgan fingerprint density at radius 1 is 1.31 bits per heavy atom. The van der Waals surface area contributed by atoms with Gasteiger partial charge in [0.2, 0.25) is 0 Å². The molecule has 0 aromatic carbocycles. The number of nitrogens with two attached hydrogens (primary N) is 1. The van der Waals surface area contributed by atoms with Crippen molar-refractivity contribution >= 4 is 0 Å². The first-order valence-electron chi connectivity index (χ1n) is 6.22. The van der Waals surface area contributed by atoms with Crippen molar-refractivity contribution in [3.05, 3.63) is 17.7 Å². The number of fused-ring (bicyclic) bond motifs is 1. The lowest BCUT2D eigenvalue weighted by molar-refractivity contribution is 0.0826. The van der Waals surface area contributed by atoms with E-state index in [1.165, 1.54) is 11.5 Å². The molecule has 3 rings (SSSR count). The lowest BCUT2D eigenvalue weighted by Crippen LogP contribution is -2.33. The Balaban J connectivity index is 1.86. The average Bonchev–Trinajstić information content (AvgIpc) is 2.73. The maximum Gasteiger partial charge on any atom is 0.112 e. The van der Waals surface area contributed by atoms with Gasteiger partial charge in [0.05, 0.1) is 0 Å². The first kappa shape index (κ1) is 10.3. The molecule has 0 bridgehead atoms. The third-order valence-electron chi connectivity index (χ3n) is 3.74. The summed E-state index contributed by atoms with van der Waals surface area (Å²) in [4.78, 5) is 4.61. The Kier molecular flexibility index (Phi) is 2.69. The van der Waals surface area contributed by atoms with E-state index in [2.05, 4.69) is 9.55 Å². The van der Waals surface area contributed by atoms with Crippen molar-refractivity contribution in [2.75, 3.05) is 13.2 Å². The second-order valence-corrected chi connectivity index (χ2v) is 4.90. The van der Waals surface area contributed by atoms with Gasteiger partial charge in [-0.05, 0) is 25.7 Å². The molecular weight excluding hydrogens is 202 g/mol. The zero-order chi connectivity index (χ0) is 11.0. The summed E-state index contributed by atoms with van der Waals surface area (Å²) in [5.41, 5.74) is 7.40. The van der Waals surface area contributed by atoms with Crippen molar-refractivity contribution in [1.29, 1.82) is 0 Å². The van der Waals surface area contributed by atoms with E-state index in [1.807, 2.05) is 6.20 Å². The number of imidazole rings is 1. The minimum atomic E-state index is 0.306. The second-order valence-electron chi connectivity index (χ2n) is 4.90. The molecule has 1 fully saturated rings. The fourth-order valence-electron chi connectivity index (χ4n) is 2.78. The Labute approximate surface area is 95.8 Å². The van der Waals surface area contributed by atoms with Crippen LogP contribution in [-0.4, -0.2) is 28.8 Å². The van der Waals surface area contributed by atoms with Crippen LogP contribution in [-0.2, 0) is 17.7 Å². The van der Waals surface area contributed by atoms with E-state index < -0.39 is 0 Å². The Hall–Kier alpha value is -0.870. The molecule has 0 spiro atoms.